The highest BCUT2D eigenvalue weighted by Crippen LogP contribution is 2.29. The summed E-state index contributed by atoms with van der Waals surface area (Å²) in [5.74, 6) is -1.25. The summed E-state index contributed by atoms with van der Waals surface area (Å²) >= 11 is 0. The number of amides is 1. The molecule has 1 amide bonds. The van der Waals surface area contributed by atoms with Crippen LogP contribution in [0.5, 0.6) is 0 Å². The Bertz CT molecular complexity index is 557. The van der Waals surface area contributed by atoms with E-state index in [4.69, 9.17) is 0 Å². The summed E-state index contributed by atoms with van der Waals surface area (Å²) in [6.07, 6.45) is 1.96. The van der Waals surface area contributed by atoms with Crippen molar-refractivity contribution in [2.75, 3.05) is 13.1 Å². The lowest BCUT2D eigenvalue weighted by Gasteiger charge is -2.38. The summed E-state index contributed by atoms with van der Waals surface area (Å²) in [5, 5.41) is 10.6. The highest BCUT2D eigenvalue weighted by atomic mass is 19.1. The fraction of sp³-hybridized carbons (Fsp3) is 0.500. The minimum Gasteiger partial charge on any atom is -0.338 e. The molecular weight excluding hydrogens is 263 g/mol. The van der Waals surface area contributed by atoms with Gasteiger partial charge in [-0.2, -0.15) is 4.39 Å². The van der Waals surface area contributed by atoms with Crippen LogP contribution in [0.15, 0.2) is 18.2 Å². The minimum atomic E-state index is -0.975. The van der Waals surface area contributed by atoms with Gasteiger partial charge in [-0.25, -0.2) is 0 Å². The van der Waals surface area contributed by atoms with Crippen LogP contribution in [0, 0.1) is 21.3 Å². The van der Waals surface area contributed by atoms with E-state index in [1.54, 1.807) is 4.90 Å². The van der Waals surface area contributed by atoms with Crippen molar-refractivity contribution in [2.45, 2.75) is 26.7 Å². The van der Waals surface area contributed by atoms with Crippen LogP contribution in [0.1, 0.15) is 37.0 Å². The number of likely N-dealkylation sites (tertiary alicyclic amines) is 1. The van der Waals surface area contributed by atoms with Crippen molar-refractivity contribution in [3.63, 3.8) is 0 Å². The first-order valence-electron chi connectivity index (χ1n) is 6.53. The van der Waals surface area contributed by atoms with Gasteiger partial charge in [0.2, 0.25) is 5.82 Å². The number of nitrogens with zero attached hydrogens (tertiary/aromatic N) is 2. The van der Waals surface area contributed by atoms with E-state index in [9.17, 15) is 19.3 Å². The number of nitro groups is 1. The van der Waals surface area contributed by atoms with Gasteiger partial charge in [-0.3, -0.25) is 14.9 Å². The zero-order valence-electron chi connectivity index (χ0n) is 11.6. The molecule has 108 valence electrons. The number of hydrogen-bond acceptors (Lipinski definition) is 3. The molecule has 1 aliphatic rings. The molecule has 1 fully saturated rings. The molecule has 0 aliphatic carbocycles. The molecule has 1 aromatic rings. The lowest BCUT2D eigenvalue weighted by atomic mass is 9.84. The lowest BCUT2D eigenvalue weighted by Crippen LogP contribution is -2.43. The maximum absolute atomic E-state index is 13.6. The number of hydrogen-bond donors (Lipinski definition) is 0. The van der Waals surface area contributed by atoms with Gasteiger partial charge in [0.25, 0.3) is 5.91 Å². The van der Waals surface area contributed by atoms with E-state index in [2.05, 4.69) is 13.8 Å². The van der Waals surface area contributed by atoms with Gasteiger partial charge in [0.1, 0.15) is 0 Å². The summed E-state index contributed by atoms with van der Waals surface area (Å²) in [6.45, 7) is 5.43. The van der Waals surface area contributed by atoms with Crippen LogP contribution in [0.4, 0.5) is 10.1 Å². The highest BCUT2D eigenvalue weighted by Gasteiger charge is 2.30. The summed E-state index contributed by atoms with van der Waals surface area (Å²) < 4.78 is 13.6. The smallest absolute Gasteiger partial charge is 0.304 e. The van der Waals surface area contributed by atoms with Gasteiger partial charge >= 0.3 is 5.69 Å². The molecule has 0 N–H and O–H groups in total. The zero-order chi connectivity index (χ0) is 14.9. The average molecular weight is 280 g/mol. The van der Waals surface area contributed by atoms with Crippen LogP contribution in [-0.4, -0.2) is 28.8 Å². The Hall–Kier alpha value is -1.98. The fourth-order valence-electron chi connectivity index (χ4n) is 2.57. The van der Waals surface area contributed by atoms with E-state index < -0.39 is 16.4 Å². The second-order valence-corrected chi connectivity index (χ2v) is 5.92. The van der Waals surface area contributed by atoms with Gasteiger partial charge in [-0.05, 0) is 30.4 Å². The number of nitro benzene ring substituents is 1. The molecule has 1 heterocycles. The summed E-state index contributed by atoms with van der Waals surface area (Å²) in [7, 11) is 0. The molecule has 1 aromatic carbocycles. The van der Waals surface area contributed by atoms with E-state index >= 15 is 0 Å². The van der Waals surface area contributed by atoms with Crippen LogP contribution in [0.3, 0.4) is 0 Å². The second-order valence-electron chi connectivity index (χ2n) is 5.92. The maximum atomic E-state index is 13.6. The quantitative estimate of drug-likeness (QED) is 0.618. The largest absolute Gasteiger partial charge is 0.338 e. The Kier molecular flexibility index (Phi) is 3.74. The Morgan fingerprint density at radius 1 is 1.45 bits per heavy atom. The molecule has 0 radical (unpaired) electrons. The first kappa shape index (κ1) is 14.4. The molecule has 0 bridgehead atoms. The van der Waals surface area contributed by atoms with Crippen molar-refractivity contribution in [1.29, 1.82) is 0 Å². The Morgan fingerprint density at radius 3 is 2.70 bits per heavy atom. The van der Waals surface area contributed by atoms with Crippen molar-refractivity contribution < 1.29 is 14.1 Å². The van der Waals surface area contributed by atoms with Crippen molar-refractivity contribution in [2.24, 2.45) is 5.41 Å². The predicted octanol–water partition coefficient (Wildman–Crippen LogP) is 3.00. The van der Waals surface area contributed by atoms with E-state index in [0.29, 0.717) is 13.1 Å². The number of benzene rings is 1. The molecule has 0 saturated carbocycles. The third-order valence-corrected chi connectivity index (χ3v) is 3.58. The second kappa shape index (κ2) is 5.19. The maximum Gasteiger partial charge on any atom is 0.304 e. The standard InChI is InChI=1S/C14H17FN2O3/c1-14(2)6-3-7-16(9-14)13(18)10-4-5-12(17(19)20)11(15)8-10/h4-5,8H,3,6-7,9H2,1-2H3. The van der Waals surface area contributed by atoms with E-state index in [0.717, 1.165) is 25.0 Å². The van der Waals surface area contributed by atoms with Crippen LogP contribution in [0.2, 0.25) is 0 Å². The average Bonchev–Trinajstić information content (AvgIpc) is 2.36. The van der Waals surface area contributed by atoms with Crippen LogP contribution < -0.4 is 0 Å². The summed E-state index contributed by atoms with van der Waals surface area (Å²) in [4.78, 5) is 23.8. The van der Waals surface area contributed by atoms with Gasteiger partial charge < -0.3 is 4.90 Å². The monoisotopic (exact) mass is 280 g/mol. The first-order valence-corrected chi connectivity index (χ1v) is 6.53. The Labute approximate surface area is 116 Å². The Balaban J connectivity index is 2.21. The molecule has 6 heteroatoms. The molecule has 0 unspecified atom stereocenters. The number of piperidine rings is 1. The number of carbonyl (C=O) groups excluding carboxylic acids is 1. The minimum absolute atomic E-state index is 0.0488. The number of halogens is 1. The van der Waals surface area contributed by atoms with Crippen molar-refractivity contribution in [3.05, 3.63) is 39.7 Å². The van der Waals surface area contributed by atoms with Crippen molar-refractivity contribution in [3.8, 4) is 0 Å². The third-order valence-electron chi connectivity index (χ3n) is 3.58. The van der Waals surface area contributed by atoms with Crippen LogP contribution >= 0.6 is 0 Å². The molecule has 20 heavy (non-hydrogen) atoms. The molecular formula is C14H17FN2O3. The molecule has 5 nitrogen and oxygen atoms in total. The van der Waals surface area contributed by atoms with Gasteiger partial charge in [-0.15, -0.1) is 0 Å². The summed E-state index contributed by atoms with van der Waals surface area (Å²) in [6, 6.07) is 3.30. The van der Waals surface area contributed by atoms with Gasteiger partial charge in [-0.1, -0.05) is 13.8 Å². The molecule has 0 aromatic heterocycles. The number of carbonyl (C=O) groups is 1. The third kappa shape index (κ3) is 2.95. The SMILES string of the molecule is CC1(C)CCCN(C(=O)c2ccc([N+](=O)[O-])c(F)c2)C1. The van der Waals surface area contributed by atoms with Crippen LogP contribution in [-0.2, 0) is 0 Å². The molecule has 2 rings (SSSR count). The van der Waals surface area contributed by atoms with Gasteiger partial charge in [0, 0.05) is 24.7 Å². The molecule has 0 atom stereocenters. The van der Waals surface area contributed by atoms with Gasteiger partial charge in [0.15, 0.2) is 0 Å². The Morgan fingerprint density at radius 2 is 2.15 bits per heavy atom. The highest BCUT2D eigenvalue weighted by molar-refractivity contribution is 5.94. The van der Waals surface area contributed by atoms with Crippen molar-refractivity contribution in [1.82, 2.24) is 4.90 Å². The van der Waals surface area contributed by atoms with Crippen LogP contribution in [0.25, 0.3) is 0 Å². The van der Waals surface area contributed by atoms with E-state index in [1.807, 2.05) is 0 Å². The van der Waals surface area contributed by atoms with E-state index in [-0.39, 0.29) is 16.9 Å². The van der Waals surface area contributed by atoms with Gasteiger partial charge in [0.05, 0.1) is 4.92 Å². The number of rotatable bonds is 2. The molecule has 0 spiro atoms. The summed E-state index contributed by atoms with van der Waals surface area (Å²) in [5.41, 5.74) is -0.404. The zero-order valence-corrected chi connectivity index (χ0v) is 11.6. The normalized spacial score (nSPS) is 17.9. The first-order chi connectivity index (χ1) is 9.30. The molecule has 1 saturated heterocycles. The van der Waals surface area contributed by atoms with Crippen molar-refractivity contribution >= 4 is 11.6 Å². The predicted molar refractivity (Wildman–Crippen MR) is 72.0 cm³/mol. The molecule has 1 aliphatic heterocycles. The topological polar surface area (TPSA) is 63.5 Å². The fourth-order valence-corrected chi connectivity index (χ4v) is 2.57. The van der Waals surface area contributed by atoms with E-state index in [1.165, 1.54) is 6.07 Å². The lowest BCUT2D eigenvalue weighted by molar-refractivity contribution is -0.387.